The molecule has 0 bridgehead atoms. The molecule has 1 atom stereocenters. The van der Waals surface area contributed by atoms with Crippen LogP contribution in [-0.2, 0) is 26.2 Å². The molecule has 0 fully saturated rings. The maximum atomic E-state index is 13.3. The molecule has 1 N–H and O–H groups in total. The molecule has 0 saturated carbocycles. The lowest BCUT2D eigenvalue weighted by Crippen LogP contribution is -2.48. The molecular weight excluding hydrogens is 497 g/mol. The Morgan fingerprint density at radius 1 is 1.12 bits per heavy atom. The van der Waals surface area contributed by atoms with E-state index in [1.165, 1.54) is 16.3 Å². The van der Waals surface area contributed by atoms with Gasteiger partial charge in [-0.25, -0.2) is 8.42 Å². The minimum absolute atomic E-state index is 0.0660. The van der Waals surface area contributed by atoms with E-state index in [-0.39, 0.29) is 37.7 Å². The molecule has 2 rings (SSSR count). The number of anilines is 1. The molecule has 2 aromatic carbocycles. The molecule has 2 aromatic rings. The fourth-order valence-electron chi connectivity index (χ4n) is 3.71. The van der Waals surface area contributed by atoms with Crippen LogP contribution in [0.5, 0.6) is 0 Å². The first-order valence-corrected chi connectivity index (χ1v) is 13.6. The van der Waals surface area contributed by atoms with Gasteiger partial charge in [-0.05, 0) is 55.2 Å². The number of hydrogen-bond acceptors (Lipinski definition) is 4. The molecule has 34 heavy (non-hydrogen) atoms. The average Bonchev–Trinajstić information content (AvgIpc) is 2.76. The maximum Gasteiger partial charge on any atom is 0.242 e. The Morgan fingerprint density at radius 3 is 2.38 bits per heavy atom. The number of nitrogens with zero attached hydrogens (tertiary/aromatic N) is 2. The molecule has 0 aromatic heterocycles. The molecule has 2 amide bonds. The Morgan fingerprint density at radius 2 is 1.82 bits per heavy atom. The van der Waals surface area contributed by atoms with Crippen molar-refractivity contribution in [3.05, 3.63) is 63.6 Å². The van der Waals surface area contributed by atoms with Gasteiger partial charge >= 0.3 is 0 Å². The standard InChI is InChI=1S/C24H31Cl2N3O4S/c1-5-22(24(31)27-3)28(16-18-11-12-19(25)15-21(18)26)23(30)10-7-13-29(34(4,32)33)20-9-6-8-17(2)14-20/h6,8-9,11-12,14-15,22H,5,7,10,13,16H2,1-4H3,(H,27,31). The molecule has 186 valence electrons. The van der Waals surface area contributed by atoms with Crippen molar-refractivity contribution in [3.8, 4) is 0 Å². The summed E-state index contributed by atoms with van der Waals surface area (Å²) in [4.78, 5) is 27.3. The highest BCUT2D eigenvalue weighted by Gasteiger charge is 2.28. The SMILES string of the molecule is CCC(C(=O)NC)N(Cc1ccc(Cl)cc1Cl)C(=O)CCCN(c1cccc(C)c1)S(C)(=O)=O. The summed E-state index contributed by atoms with van der Waals surface area (Å²) in [5, 5.41) is 3.48. The van der Waals surface area contributed by atoms with Crippen molar-refractivity contribution in [3.63, 3.8) is 0 Å². The number of amides is 2. The summed E-state index contributed by atoms with van der Waals surface area (Å²) in [7, 11) is -2.01. The minimum atomic E-state index is -3.54. The molecule has 1 unspecified atom stereocenters. The third-order valence-electron chi connectivity index (χ3n) is 5.43. The number of likely N-dealkylation sites (N-methyl/N-ethyl adjacent to an activating group) is 1. The van der Waals surface area contributed by atoms with Crippen molar-refractivity contribution in [2.24, 2.45) is 0 Å². The Bertz CT molecular complexity index is 1120. The van der Waals surface area contributed by atoms with Gasteiger partial charge in [-0.1, -0.05) is 48.3 Å². The van der Waals surface area contributed by atoms with Crippen LogP contribution in [0.2, 0.25) is 10.0 Å². The highest BCUT2D eigenvalue weighted by molar-refractivity contribution is 7.92. The first-order valence-electron chi connectivity index (χ1n) is 11.0. The van der Waals surface area contributed by atoms with Crippen LogP contribution >= 0.6 is 23.2 Å². The van der Waals surface area contributed by atoms with Gasteiger partial charge in [0.05, 0.1) is 11.9 Å². The van der Waals surface area contributed by atoms with Crippen LogP contribution in [-0.4, -0.2) is 51.0 Å². The zero-order valence-electron chi connectivity index (χ0n) is 19.8. The monoisotopic (exact) mass is 527 g/mol. The van der Waals surface area contributed by atoms with Crippen molar-refractivity contribution < 1.29 is 18.0 Å². The first kappa shape index (κ1) is 28.0. The van der Waals surface area contributed by atoms with E-state index in [1.54, 1.807) is 36.4 Å². The third-order valence-corrected chi connectivity index (χ3v) is 7.21. The van der Waals surface area contributed by atoms with E-state index in [9.17, 15) is 18.0 Å². The zero-order chi connectivity index (χ0) is 25.5. The van der Waals surface area contributed by atoms with Crippen LogP contribution in [0.15, 0.2) is 42.5 Å². The Labute approximate surface area is 212 Å². The summed E-state index contributed by atoms with van der Waals surface area (Å²) >= 11 is 12.3. The van der Waals surface area contributed by atoms with Gasteiger partial charge in [0.25, 0.3) is 0 Å². The van der Waals surface area contributed by atoms with E-state index in [0.29, 0.717) is 27.7 Å². The number of nitrogens with one attached hydrogen (secondary N) is 1. The Kier molecular flexibility index (Phi) is 10.2. The van der Waals surface area contributed by atoms with E-state index < -0.39 is 16.1 Å². The van der Waals surface area contributed by atoms with Crippen LogP contribution in [0.1, 0.15) is 37.3 Å². The second kappa shape index (κ2) is 12.4. The quantitative estimate of drug-likeness (QED) is 0.469. The smallest absolute Gasteiger partial charge is 0.242 e. The van der Waals surface area contributed by atoms with Crippen LogP contribution in [0.25, 0.3) is 0 Å². The molecule has 0 aliphatic carbocycles. The summed E-state index contributed by atoms with van der Waals surface area (Å²) in [5.74, 6) is -0.544. The molecule has 0 saturated heterocycles. The van der Waals surface area contributed by atoms with Gasteiger partial charge in [0.2, 0.25) is 21.8 Å². The molecule has 0 radical (unpaired) electrons. The van der Waals surface area contributed by atoms with Crippen LogP contribution in [0.4, 0.5) is 5.69 Å². The Balaban J connectivity index is 2.22. The lowest BCUT2D eigenvalue weighted by atomic mass is 10.1. The second-order valence-electron chi connectivity index (χ2n) is 8.07. The molecular formula is C24H31Cl2N3O4S. The summed E-state index contributed by atoms with van der Waals surface area (Å²) in [6, 6.07) is 11.5. The molecule has 0 spiro atoms. The predicted molar refractivity (Wildman–Crippen MR) is 138 cm³/mol. The summed E-state index contributed by atoms with van der Waals surface area (Å²) < 4.78 is 26.1. The number of hydrogen-bond donors (Lipinski definition) is 1. The lowest BCUT2D eigenvalue weighted by Gasteiger charge is -2.31. The van der Waals surface area contributed by atoms with Gasteiger partial charge < -0.3 is 10.2 Å². The van der Waals surface area contributed by atoms with Gasteiger partial charge in [0.1, 0.15) is 6.04 Å². The van der Waals surface area contributed by atoms with Gasteiger partial charge in [0.15, 0.2) is 0 Å². The fraction of sp³-hybridized carbons (Fsp3) is 0.417. The minimum Gasteiger partial charge on any atom is -0.357 e. The molecule has 7 nitrogen and oxygen atoms in total. The van der Waals surface area contributed by atoms with Crippen molar-refractivity contribution >= 4 is 50.7 Å². The highest BCUT2D eigenvalue weighted by atomic mass is 35.5. The topological polar surface area (TPSA) is 86.8 Å². The number of halogens is 2. The Hall–Kier alpha value is -2.29. The summed E-state index contributed by atoms with van der Waals surface area (Å²) in [6.07, 6.45) is 1.91. The van der Waals surface area contributed by atoms with Crippen molar-refractivity contribution in [1.82, 2.24) is 10.2 Å². The van der Waals surface area contributed by atoms with E-state index in [4.69, 9.17) is 23.2 Å². The third kappa shape index (κ3) is 7.61. The lowest BCUT2D eigenvalue weighted by molar-refractivity contribution is -0.141. The largest absolute Gasteiger partial charge is 0.357 e. The second-order valence-corrected chi connectivity index (χ2v) is 10.8. The van der Waals surface area contributed by atoms with Crippen LogP contribution in [0.3, 0.4) is 0 Å². The number of benzene rings is 2. The maximum absolute atomic E-state index is 13.3. The zero-order valence-corrected chi connectivity index (χ0v) is 22.2. The van der Waals surface area contributed by atoms with Crippen molar-refractivity contribution in [2.75, 3.05) is 24.2 Å². The van der Waals surface area contributed by atoms with Crippen molar-refractivity contribution in [2.45, 2.75) is 45.7 Å². The fourth-order valence-corrected chi connectivity index (χ4v) is 5.13. The van der Waals surface area contributed by atoms with Gasteiger partial charge in [-0.3, -0.25) is 13.9 Å². The normalized spacial score (nSPS) is 12.2. The van der Waals surface area contributed by atoms with Crippen LogP contribution < -0.4 is 9.62 Å². The molecule has 0 aliphatic rings. The van der Waals surface area contributed by atoms with Gasteiger partial charge in [-0.2, -0.15) is 0 Å². The van der Waals surface area contributed by atoms with Crippen LogP contribution in [0, 0.1) is 6.92 Å². The number of aryl methyl sites for hydroxylation is 1. The first-order chi connectivity index (χ1) is 16.0. The molecule has 10 heteroatoms. The number of rotatable bonds is 11. The summed E-state index contributed by atoms with van der Waals surface area (Å²) in [6.45, 7) is 3.98. The summed E-state index contributed by atoms with van der Waals surface area (Å²) in [5.41, 5.74) is 2.15. The number of carbonyl (C=O) groups is 2. The number of carbonyl (C=O) groups excluding carboxylic acids is 2. The highest BCUT2D eigenvalue weighted by Crippen LogP contribution is 2.25. The van der Waals surface area contributed by atoms with Gasteiger partial charge in [0, 0.05) is 36.6 Å². The van der Waals surface area contributed by atoms with E-state index >= 15 is 0 Å². The number of sulfonamides is 1. The predicted octanol–water partition coefficient (Wildman–Crippen LogP) is 4.40. The van der Waals surface area contributed by atoms with Gasteiger partial charge in [-0.15, -0.1) is 0 Å². The van der Waals surface area contributed by atoms with Crippen molar-refractivity contribution in [1.29, 1.82) is 0 Å². The molecule has 0 aliphatic heterocycles. The average molecular weight is 529 g/mol. The van der Waals surface area contributed by atoms with E-state index in [0.717, 1.165) is 11.8 Å². The van der Waals surface area contributed by atoms with E-state index in [2.05, 4.69) is 5.32 Å². The van der Waals surface area contributed by atoms with E-state index in [1.807, 2.05) is 19.9 Å². The molecule has 0 heterocycles.